The molecule has 0 fully saturated rings. The second-order valence-corrected chi connectivity index (χ2v) is 19.1. The van der Waals surface area contributed by atoms with Gasteiger partial charge < -0.3 is 24.2 Å². The smallest absolute Gasteiger partial charge is 0.462 e. The van der Waals surface area contributed by atoms with Crippen molar-refractivity contribution in [3.8, 4) is 0 Å². The van der Waals surface area contributed by atoms with Gasteiger partial charge in [-0.25, -0.2) is 4.57 Å². The number of allylic oxidation sites excluding steroid dienone is 16. The van der Waals surface area contributed by atoms with Gasteiger partial charge in [-0.05, 0) is 103 Å². The number of phosphoric acid groups is 1. The minimum atomic E-state index is -4.77. The van der Waals surface area contributed by atoms with Gasteiger partial charge in [0.05, 0.1) is 19.8 Å². The molecule has 0 saturated carbocycles. The van der Waals surface area contributed by atoms with Crippen molar-refractivity contribution in [2.45, 2.75) is 226 Å². The highest BCUT2D eigenvalue weighted by atomic mass is 31.2. The maximum Gasteiger partial charge on any atom is 0.472 e. The number of rotatable bonds is 49. The molecule has 70 heavy (non-hydrogen) atoms. The van der Waals surface area contributed by atoms with E-state index < -0.39 is 57.8 Å². The summed E-state index contributed by atoms with van der Waals surface area (Å²) in [5.74, 6) is -1.58. The van der Waals surface area contributed by atoms with E-state index in [2.05, 4.69) is 99.8 Å². The Bertz CT molecular complexity index is 1540. The van der Waals surface area contributed by atoms with E-state index in [4.69, 9.17) is 23.3 Å². The lowest BCUT2D eigenvalue weighted by Gasteiger charge is -2.21. The summed E-state index contributed by atoms with van der Waals surface area (Å²) in [5, 5.41) is 9.77. The lowest BCUT2D eigenvalue weighted by molar-refractivity contribution is -0.161. The van der Waals surface area contributed by atoms with Gasteiger partial charge in [0.1, 0.15) is 12.7 Å². The number of carbonyl (C=O) groups excluding carboxylic acids is 3. The molecule has 2 N–H and O–H groups in total. The van der Waals surface area contributed by atoms with Crippen molar-refractivity contribution in [1.82, 2.24) is 0 Å². The third-order valence-corrected chi connectivity index (χ3v) is 11.9. The summed E-state index contributed by atoms with van der Waals surface area (Å²) in [4.78, 5) is 48.4. The van der Waals surface area contributed by atoms with E-state index in [-0.39, 0.29) is 25.9 Å². The first-order chi connectivity index (χ1) is 34.2. The van der Waals surface area contributed by atoms with Crippen molar-refractivity contribution in [1.29, 1.82) is 0 Å². The van der Waals surface area contributed by atoms with Gasteiger partial charge in [-0.2, -0.15) is 0 Å². The molecule has 3 atom stereocenters. The van der Waals surface area contributed by atoms with Crippen molar-refractivity contribution >= 4 is 25.7 Å². The van der Waals surface area contributed by atoms with Crippen molar-refractivity contribution < 1.29 is 52.2 Å². The lowest BCUT2D eigenvalue weighted by Crippen LogP contribution is -2.30. The summed E-state index contributed by atoms with van der Waals surface area (Å²) >= 11 is 0. The van der Waals surface area contributed by atoms with Crippen molar-refractivity contribution in [3.63, 3.8) is 0 Å². The molecule has 11 nitrogen and oxygen atoms in total. The molecule has 0 aromatic heterocycles. The maximum atomic E-state index is 12.9. The summed E-state index contributed by atoms with van der Waals surface area (Å²) in [7, 11) is -4.77. The largest absolute Gasteiger partial charge is 0.472 e. The standard InChI is InChI=1S/C58H97O11P/c1-4-7-10-13-16-19-22-25-26-27-28-31-34-37-40-43-46-49-58(62)69-55(51-65-56(60)47-44-41-38-35-32-29-23-20-17-14-11-8-5-2)53-67-70(63,64)66-52-54(50-59)68-57(61)48-45-42-39-36-33-30-24-21-18-15-12-9-6-3/h7,9-10,12,16,18-21,23,25-26,30,33,39,42,54-55,59H,4-6,8,11,13-15,17,22,24,27-29,31-32,34-38,40-41,43-53H2,1-3H3,(H,63,64)/b10-7-,12-9-,19-16-,21-18-,23-20-,26-25-,33-30-,42-39-. The normalized spacial score (nSPS) is 14.2. The van der Waals surface area contributed by atoms with Crippen LogP contribution in [0.3, 0.4) is 0 Å². The van der Waals surface area contributed by atoms with E-state index >= 15 is 0 Å². The Kier molecular flexibility index (Phi) is 49.1. The number of phosphoric ester groups is 1. The zero-order valence-corrected chi connectivity index (χ0v) is 44.8. The Balaban J connectivity index is 4.83. The summed E-state index contributed by atoms with van der Waals surface area (Å²) < 4.78 is 39.3. The van der Waals surface area contributed by atoms with E-state index in [1.54, 1.807) is 0 Å². The fourth-order valence-corrected chi connectivity index (χ4v) is 7.69. The van der Waals surface area contributed by atoms with E-state index in [1.165, 1.54) is 32.1 Å². The monoisotopic (exact) mass is 1000 g/mol. The Labute approximate surface area is 425 Å². The molecule has 0 aromatic rings. The summed E-state index contributed by atoms with van der Waals surface area (Å²) in [6.07, 6.45) is 59.6. The van der Waals surface area contributed by atoms with Crippen LogP contribution in [0.15, 0.2) is 97.2 Å². The molecule has 0 heterocycles. The zero-order chi connectivity index (χ0) is 51.3. The number of hydrogen-bond acceptors (Lipinski definition) is 10. The molecular formula is C58H97O11P. The second kappa shape index (κ2) is 51.7. The van der Waals surface area contributed by atoms with Gasteiger partial charge in [0, 0.05) is 19.3 Å². The number of aliphatic hydroxyl groups is 1. The summed E-state index contributed by atoms with van der Waals surface area (Å²) in [6, 6.07) is 0. The van der Waals surface area contributed by atoms with Crippen LogP contribution < -0.4 is 0 Å². The Hall–Kier alpha value is -3.60. The van der Waals surface area contributed by atoms with Crippen LogP contribution in [-0.2, 0) is 42.2 Å². The minimum absolute atomic E-state index is 0.0512. The highest BCUT2D eigenvalue weighted by molar-refractivity contribution is 7.47. The van der Waals surface area contributed by atoms with Crippen LogP contribution in [0.5, 0.6) is 0 Å². The number of esters is 3. The first-order valence-electron chi connectivity index (χ1n) is 27.1. The topological polar surface area (TPSA) is 155 Å². The molecular weight excluding hydrogens is 904 g/mol. The van der Waals surface area contributed by atoms with Crippen LogP contribution in [0.2, 0.25) is 0 Å². The third-order valence-electron chi connectivity index (χ3n) is 11.0. The van der Waals surface area contributed by atoms with Crippen LogP contribution in [0.4, 0.5) is 0 Å². The quantitative estimate of drug-likeness (QED) is 0.0197. The van der Waals surface area contributed by atoms with Crippen molar-refractivity contribution in [3.05, 3.63) is 97.2 Å². The van der Waals surface area contributed by atoms with Crippen LogP contribution >= 0.6 is 7.82 Å². The molecule has 0 spiro atoms. The maximum absolute atomic E-state index is 12.9. The first kappa shape index (κ1) is 66.4. The zero-order valence-electron chi connectivity index (χ0n) is 43.9. The molecule has 0 aliphatic carbocycles. The molecule has 0 saturated heterocycles. The fourth-order valence-electron chi connectivity index (χ4n) is 6.91. The van der Waals surface area contributed by atoms with Gasteiger partial charge in [0.15, 0.2) is 6.10 Å². The average molecular weight is 1000 g/mol. The fraction of sp³-hybridized carbons (Fsp3) is 0.672. The van der Waals surface area contributed by atoms with E-state index in [0.29, 0.717) is 19.3 Å². The van der Waals surface area contributed by atoms with Gasteiger partial charge in [-0.15, -0.1) is 0 Å². The van der Waals surface area contributed by atoms with Crippen LogP contribution in [-0.4, -0.2) is 66.5 Å². The average Bonchev–Trinajstić information content (AvgIpc) is 3.35. The summed E-state index contributed by atoms with van der Waals surface area (Å²) in [6.45, 7) is 4.28. The number of carbonyl (C=O) groups is 3. The Morgan fingerprint density at radius 2 is 0.771 bits per heavy atom. The van der Waals surface area contributed by atoms with Crippen LogP contribution in [0, 0.1) is 0 Å². The minimum Gasteiger partial charge on any atom is -0.462 e. The number of hydrogen-bond donors (Lipinski definition) is 2. The van der Waals surface area contributed by atoms with Gasteiger partial charge in [-0.1, -0.05) is 189 Å². The molecule has 400 valence electrons. The molecule has 3 unspecified atom stereocenters. The summed E-state index contributed by atoms with van der Waals surface area (Å²) in [5.41, 5.74) is 0. The highest BCUT2D eigenvalue weighted by Crippen LogP contribution is 2.43. The molecule has 12 heteroatoms. The predicted molar refractivity (Wildman–Crippen MR) is 288 cm³/mol. The predicted octanol–water partition coefficient (Wildman–Crippen LogP) is 15.7. The SMILES string of the molecule is CC/C=C\C/C=C\C/C=C\C/C=C\CCC(=O)OC(CO)COP(=O)(O)OCC(COC(=O)CCCCCCC/C=C\CCCCCC)OC(=O)CCCCCCCCC/C=C\C/C=C\C/C=C\CC. The Morgan fingerprint density at radius 1 is 0.414 bits per heavy atom. The molecule has 0 aliphatic rings. The molecule has 0 aliphatic heterocycles. The number of aliphatic hydroxyl groups excluding tert-OH is 1. The molecule has 0 amide bonds. The van der Waals surface area contributed by atoms with Gasteiger partial charge in [-0.3, -0.25) is 23.4 Å². The molecule has 0 rings (SSSR count). The van der Waals surface area contributed by atoms with Crippen molar-refractivity contribution in [2.24, 2.45) is 0 Å². The molecule has 0 aromatic carbocycles. The van der Waals surface area contributed by atoms with Gasteiger partial charge in [0.25, 0.3) is 0 Å². The van der Waals surface area contributed by atoms with Crippen molar-refractivity contribution in [2.75, 3.05) is 26.4 Å². The Morgan fingerprint density at radius 3 is 1.24 bits per heavy atom. The van der Waals surface area contributed by atoms with E-state index in [0.717, 1.165) is 122 Å². The number of ether oxygens (including phenoxy) is 3. The highest BCUT2D eigenvalue weighted by Gasteiger charge is 2.28. The lowest BCUT2D eigenvalue weighted by atomic mass is 10.1. The van der Waals surface area contributed by atoms with E-state index in [1.807, 2.05) is 18.2 Å². The number of unbranched alkanes of at least 4 members (excludes halogenated alkanes) is 16. The van der Waals surface area contributed by atoms with E-state index in [9.17, 15) is 28.9 Å². The molecule has 0 bridgehead atoms. The molecule has 0 radical (unpaired) electrons. The van der Waals surface area contributed by atoms with Gasteiger partial charge in [0.2, 0.25) is 0 Å². The van der Waals surface area contributed by atoms with Crippen LogP contribution in [0.25, 0.3) is 0 Å². The van der Waals surface area contributed by atoms with Gasteiger partial charge >= 0.3 is 25.7 Å². The second-order valence-electron chi connectivity index (χ2n) is 17.6. The third kappa shape index (κ3) is 49.4. The van der Waals surface area contributed by atoms with Crippen LogP contribution in [0.1, 0.15) is 213 Å². The first-order valence-corrected chi connectivity index (χ1v) is 28.6.